The van der Waals surface area contributed by atoms with Gasteiger partial charge in [-0.2, -0.15) is 0 Å². The molecule has 2 N–H and O–H groups in total. The van der Waals surface area contributed by atoms with E-state index in [2.05, 4.69) is 35.2 Å². The number of H-pyrrole nitrogens is 1. The molecule has 0 atom stereocenters. The number of nitrogens with one attached hydrogen (secondary N) is 2. The first kappa shape index (κ1) is 16.8. The summed E-state index contributed by atoms with van der Waals surface area (Å²) in [5.41, 5.74) is 3.42. The van der Waals surface area contributed by atoms with E-state index in [1.165, 1.54) is 19.5 Å². The highest BCUT2D eigenvalue weighted by atomic mass is 19.1. The van der Waals surface area contributed by atoms with Crippen LogP contribution in [0.25, 0.3) is 11.0 Å². The second kappa shape index (κ2) is 7.32. The Kier molecular flexibility index (Phi) is 4.56. The summed E-state index contributed by atoms with van der Waals surface area (Å²) in [4.78, 5) is 23.9. The van der Waals surface area contributed by atoms with Crippen molar-refractivity contribution in [3.8, 4) is 5.88 Å². The molecule has 4 rings (SSSR count). The Bertz CT molecular complexity index is 1060. The van der Waals surface area contributed by atoms with E-state index >= 15 is 0 Å². The second-order valence-corrected chi connectivity index (χ2v) is 5.87. The molecule has 0 aliphatic rings. The van der Waals surface area contributed by atoms with Crippen LogP contribution in [0.5, 0.6) is 5.88 Å². The number of fused-ring (bicyclic) bond motifs is 1. The topological polar surface area (TPSA) is 102 Å². The average Bonchev–Trinajstić information content (AvgIpc) is 3.10. The molecule has 0 radical (unpaired) electrons. The lowest BCUT2D eigenvalue weighted by molar-refractivity contribution is 0.391. The number of ether oxygens (including phenoxy) is 1. The molecule has 4 aromatic rings. The SMILES string of the molecule is COc1ncc(F)cc1CNc1ncc(Cc2c[nH]c3ncncc23)cn1. The van der Waals surface area contributed by atoms with E-state index in [9.17, 15) is 4.39 Å². The molecule has 4 heterocycles. The first-order valence-electron chi connectivity index (χ1n) is 8.22. The minimum atomic E-state index is -0.424. The molecule has 4 aromatic heterocycles. The largest absolute Gasteiger partial charge is 0.481 e. The number of nitrogens with zero attached hydrogens (tertiary/aromatic N) is 5. The van der Waals surface area contributed by atoms with Gasteiger partial charge in [-0.25, -0.2) is 29.3 Å². The van der Waals surface area contributed by atoms with Gasteiger partial charge in [0.25, 0.3) is 0 Å². The first-order chi connectivity index (χ1) is 13.2. The summed E-state index contributed by atoms with van der Waals surface area (Å²) < 4.78 is 18.5. The number of anilines is 1. The zero-order valence-corrected chi connectivity index (χ0v) is 14.5. The Morgan fingerprint density at radius 3 is 2.74 bits per heavy atom. The third-order valence-corrected chi connectivity index (χ3v) is 4.06. The van der Waals surface area contributed by atoms with Crippen molar-refractivity contribution >= 4 is 17.0 Å². The molecule has 0 aromatic carbocycles. The summed E-state index contributed by atoms with van der Waals surface area (Å²) in [6, 6.07) is 1.37. The minimum absolute atomic E-state index is 0.299. The molecular weight excluding hydrogens is 349 g/mol. The van der Waals surface area contributed by atoms with Crippen LogP contribution in [0.4, 0.5) is 10.3 Å². The predicted octanol–water partition coefficient (Wildman–Crippen LogP) is 2.49. The number of aromatic amines is 1. The van der Waals surface area contributed by atoms with Crippen LogP contribution < -0.4 is 10.1 Å². The van der Waals surface area contributed by atoms with Gasteiger partial charge in [-0.1, -0.05) is 0 Å². The van der Waals surface area contributed by atoms with Crippen LogP contribution in [0.3, 0.4) is 0 Å². The molecule has 0 saturated carbocycles. The van der Waals surface area contributed by atoms with Crippen LogP contribution in [0, 0.1) is 5.82 Å². The highest BCUT2D eigenvalue weighted by Crippen LogP contribution is 2.19. The van der Waals surface area contributed by atoms with E-state index in [1.54, 1.807) is 18.6 Å². The third kappa shape index (κ3) is 3.66. The molecule has 27 heavy (non-hydrogen) atoms. The monoisotopic (exact) mass is 365 g/mol. The number of methoxy groups -OCH3 is 1. The Balaban J connectivity index is 1.44. The van der Waals surface area contributed by atoms with Crippen LogP contribution in [-0.4, -0.2) is 37.0 Å². The zero-order valence-electron chi connectivity index (χ0n) is 14.5. The van der Waals surface area contributed by atoms with Crippen molar-refractivity contribution in [1.82, 2.24) is 29.9 Å². The summed E-state index contributed by atoms with van der Waals surface area (Å²) in [5.74, 6) is 0.376. The molecule has 0 spiro atoms. The zero-order chi connectivity index (χ0) is 18.6. The Labute approximate surface area is 153 Å². The summed E-state index contributed by atoms with van der Waals surface area (Å²) in [7, 11) is 1.49. The van der Waals surface area contributed by atoms with Crippen LogP contribution in [0.15, 0.2) is 43.4 Å². The van der Waals surface area contributed by atoms with Crippen molar-refractivity contribution in [3.05, 3.63) is 65.9 Å². The fourth-order valence-corrected chi connectivity index (χ4v) is 2.77. The fraction of sp³-hybridized carbons (Fsp3) is 0.167. The highest BCUT2D eigenvalue weighted by molar-refractivity contribution is 5.78. The van der Waals surface area contributed by atoms with E-state index in [4.69, 9.17) is 4.74 Å². The molecule has 0 aliphatic carbocycles. The molecular formula is C18H16FN7O. The van der Waals surface area contributed by atoms with Crippen LogP contribution in [0.1, 0.15) is 16.7 Å². The van der Waals surface area contributed by atoms with Gasteiger partial charge >= 0.3 is 0 Å². The third-order valence-electron chi connectivity index (χ3n) is 4.06. The highest BCUT2D eigenvalue weighted by Gasteiger charge is 2.09. The van der Waals surface area contributed by atoms with Gasteiger partial charge < -0.3 is 15.0 Å². The first-order valence-corrected chi connectivity index (χ1v) is 8.22. The Hall–Kier alpha value is -3.62. The number of hydrogen-bond acceptors (Lipinski definition) is 7. The molecule has 8 nitrogen and oxygen atoms in total. The van der Waals surface area contributed by atoms with Gasteiger partial charge in [-0.05, 0) is 17.2 Å². The molecule has 0 unspecified atom stereocenters. The Morgan fingerprint density at radius 2 is 1.93 bits per heavy atom. The number of halogens is 1. The van der Waals surface area contributed by atoms with Gasteiger partial charge in [0.15, 0.2) is 0 Å². The van der Waals surface area contributed by atoms with Crippen LogP contribution >= 0.6 is 0 Å². The molecule has 9 heteroatoms. The second-order valence-electron chi connectivity index (χ2n) is 5.87. The lowest BCUT2D eigenvalue weighted by Gasteiger charge is -2.09. The number of aromatic nitrogens is 6. The van der Waals surface area contributed by atoms with Gasteiger partial charge in [0, 0.05) is 48.7 Å². The van der Waals surface area contributed by atoms with Crippen molar-refractivity contribution in [2.24, 2.45) is 0 Å². The van der Waals surface area contributed by atoms with Crippen LogP contribution in [0.2, 0.25) is 0 Å². The van der Waals surface area contributed by atoms with Gasteiger partial charge in [-0.3, -0.25) is 0 Å². The van der Waals surface area contributed by atoms with Crippen molar-refractivity contribution < 1.29 is 9.13 Å². The summed E-state index contributed by atoms with van der Waals surface area (Å²) in [5, 5.41) is 4.02. The maximum Gasteiger partial charge on any atom is 0.222 e. The number of rotatable bonds is 6. The van der Waals surface area contributed by atoms with Gasteiger partial charge in [0.05, 0.1) is 13.3 Å². The van der Waals surface area contributed by atoms with E-state index in [-0.39, 0.29) is 0 Å². The molecule has 0 fully saturated rings. The summed E-state index contributed by atoms with van der Waals surface area (Å²) in [6.45, 7) is 0.299. The normalized spacial score (nSPS) is 10.9. The van der Waals surface area contributed by atoms with Crippen molar-refractivity contribution in [2.45, 2.75) is 13.0 Å². The van der Waals surface area contributed by atoms with E-state index in [0.717, 1.165) is 28.4 Å². The van der Waals surface area contributed by atoms with Gasteiger partial charge in [-0.15, -0.1) is 0 Å². The molecule has 0 bridgehead atoms. The molecule has 136 valence electrons. The van der Waals surface area contributed by atoms with E-state index in [1.807, 2.05) is 6.20 Å². The summed E-state index contributed by atoms with van der Waals surface area (Å²) in [6.07, 6.45) is 10.5. The predicted molar refractivity (Wildman–Crippen MR) is 96.8 cm³/mol. The molecule has 0 amide bonds. The van der Waals surface area contributed by atoms with E-state index < -0.39 is 5.82 Å². The lowest BCUT2D eigenvalue weighted by atomic mass is 10.1. The summed E-state index contributed by atoms with van der Waals surface area (Å²) >= 11 is 0. The number of hydrogen-bond donors (Lipinski definition) is 2. The quantitative estimate of drug-likeness (QED) is 0.541. The minimum Gasteiger partial charge on any atom is -0.481 e. The Morgan fingerprint density at radius 1 is 1.07 bits per heavy atom. The smallest absolute Gasteiger partial charge is 0.222 e. The van der Waals surface area contributed by atoms with Gasteiger partial charge in [0.2, 0.25) is 11.8 Å². The average molecular weight is 365 g/mol. The maximum absolute atomic E-state index is 13.4. The van der Waals surface area contributed by atoms with Crippen molar-refractivity contribution in [2.75, 3.05) is 12.4 Å². The standard InChI is InChI=1S/C18H16FN7O/c1-27-17-13(3-14(19)8-22-17)7-25-18-23-4-11(5-24-18)2-12-6-21-16-15(12)9-20-10-26-16/h3-6,8-10H,2,7H2,1H3,(H,20,21,26)(H,23,24,25). The van der Waals surface area contributed by atoms with E-state index in [0.29, 0.717) is 30.4 Å². The van der Waals surface area contributed by atoms with Crippen molar-refractivity contribution in [3.63, 3.8) is 0 Å². The van der Waals surface area contributed by atoms with Gasteiger partial charge in [0.1, 0.15) is 17.8 Å². The molecule has 0 aliphatic heterocycles. The van der Waals surface area contributed by atoms with Crippen LogP contribution in [-0.2, 0) is 13.0 Å². The number of pyridine rings is 1. The lowest BCUT2D eigenvalue weighted by Crippen LogP contribution is -2.06. The maximum atomic E-state index is 13.4. The van der Waals surface area contributed by atoms with Crippen molar-refractivity contribution in [1.29, 1.82) is 0 Å². The fourth-order valence-electron chi connectivity index (χ4n) is 2.77. The molecule has 0 saturated heterocycles.